The summed E-state index contributed by atoms with van der Waals surface area (Å²) in [7, 11) is 1.42. The second-order valence-electron chi connectivity index (χ2n) is 4.63. The topological polar surface area (TPSA) is 83.9 Å². The molecule has 1 fully saturated rings. The van der Waals surface area contributed by atoms with Gasteiger partial charge in [-0.3, -0.25) is 9.59 Å². The highest BCUT2D eigenvalue weighted by atomic mass is 32.2. The van der Waals surface area contributed by atoms with Gasteiger partial charge in [0, 0.05) is 25.1 Å². The van der Waals surface area contributed by atoms with Crippen molar-refractivity contribution in [2.45, 2.75) is 18.6 Å². The number of carboxylic acid groups (broad SMARTS) is 1. The fourth-order valence-corrected chi connectivity index (χ4v) is 3.17. The number of carbonyl (C=O) groups excluding carboxylic acids is 2. The van der Waals surface area contributed by atoms with Crippen molar-refractivity contribution in [1.29, 1.82) is 0 Å². The van der Waals surface area contributed by atoms with Crippen LogP contribution in [0.15, 0.2) is 18.2 Å². The Labute approximate surface area is 126 Å². The van der Waals surface area contributed by atoms with Gasteiger partial charge in [0.1, 0.15) is 5.75 Å². The summed E-state index contributed by atoms with van der Waals surface area (Å²) >= 11 is 1.15. The van der Waals surface area contributed by atoms with Gasteiger partial charge in [-0.15, -0.1) is 0 Å². The fraction of sp³-hybridized carbons (Fsp3) is 0.357. The third-order valence-corrected chi connectivity index (χ3v) is 4.12. The second-order valence-corrected chi connectivity index (χ2v) is 6.11. The van der Waals surface area contributed by atoms with Crippen molar-refractivity contribution in [3.8, 4) is 5.75 Å². The Morgan fingerprint density at radius 1 is 1.43 bits per heavy atom. The SMILES string of the molecule is COc1cc(C(=O)O)ccc1N1CC(SC(C)=O)CC1=O. The maximum Gasteiger partial charge on any atom is 0.335 e. The Morgan fingerprint density at radius 2 is 2.14 bits per heavy atom. The minimum Gasteiger partial charge on any atom is -0.495 e. The first-order valence-electron chi connectivity index (χ1n) is 6.31. The van der Waals surface area contributed by atoms with E-state index in [0.29, 0.717) is 18.0 Å². The van der Waals surface area contributed by atoms with E-state index < -0.39 is 5.97 Å². The van der Waals surface area contributed by atoms with Crippen LogP contribution in [0.5, 0.6) is 5.75 Å². The second kappa shape index (κ2) is 6.17. The molecule has 1 atom stereocenters. The van der Waals surface area contributed by atoms with Crippen LogP contribution in [-0.4, -0.2) is 41.0 Å². The third kappa shape index (κ3) is 3.36. The molecule has 1 unspecified atom stereocenters. The molecule has 1 aromatic carbocycles. The molecule has 0 aliphatic carbocycles. The Hall–Kier alpha value is -2.02. The van der Waals surface area contributed by atoms with Crippen LogP contribution in [0.1, 0.15) is 23.7 Å². The lowest BCUT2D eigenvalue weighted by Gasteiger charge is -2.19. The van der Waals surface area contributed by atoms with Crippen LogP contribution in [0.4, 0.5) is 5.69 Å². The first-order valence-corrected chi connectivity index (χ1v) is 7.19. The molecule has 2 rings (SSSR count). The largest absolute Gasteiger partial charge is 0.495 e. The number of ether oxygens (including phenoxy) is 1. The van der Waals surface area contributed by atoms with Crippen LogP contribution in [0.2, 0.25) is 0 Å². The molecule has 0 radical (unpaired) electrons. The number of nitrogens with zero attached hydrogens (tertiary/aromatic N) is 1. The Bertz CT molecular complexity index is 601. The van der Waals surface area contributed by atoms with Crippen molar-refractivity contribution in [3.05, 3.63) is 23.8 Å². The zero-order valence-electron chi connectivity index (χ0n) is 11.7. The summed E-state index contributed by atoms with van der Waals surface area (Å²) in [6.45, 7) is 1.88. The number of rotatable bonds is 4. The number of thioether (sulfide) groups is 1. The number of benzene rings is 1. The standard InChI is InChI=1S/C14H15NO5S/c1-8(16)21-10-6-13(17)15(7-10)11-4-3-9(14(18)19)5-12(11)20-2/h3-5,10H,6-7H2,1-2H3,(H,18,19). The highest BCUT2D eigenvalue weighted by Gasteiger charge is 2.33. The number of aromatic carboxylic acids is 1. The number of carbonyl (C=O) groups is 3. The number of anilines is 1. The molecule has 0 aromatic heterocycles. The van der Waals surface area contributed by atoms with Gasteiger partial charge in [0.2, 0.25) is 5.91 Å². The van der Waals surface area contributed by atoms with Gasteiger partial charge in [-0.1, -0.05) is 11.8 Å². The third-order valence-electron chi connectivity index (χ3n) is 3.14. The van der Waals surface area contributed by atoms with Crippen LogP contribution in [-0.2, 0) is 9.59 Å². The molecule has 1 aliphatic heterocycles. The van der Waals surface area contributed by atoms with Gasteiger partial charge >= 0.3 is 5.97 Å². The molecule has 112 valence electrons. The van der Waals surface area contributed by atoms with Gasteiger partial charge in [-0.2, -0.15) is 0 Å². The molecular formula is C14H15NO5S. The lowest BCUT2D eigenvalue weighted by atomic mass is 10.2. The van der Waals surface area contributed by atoms with Crippen LogP contribution in [0.25, 0.3) is 0 Å². The summed E-state index contributed by atoms with van der Waals surface area (Å²) in [6, 6.07) is 4.37. The van der Waals surface area contributed by atoms with Crippen molar-refractivity contribution < 1.29 is 24.2 Å². The lowest BCUT2D eigenvalue weighted by molar-refractivity contribution is -0.117. The molecule has 1 aliphatic rings. The Balaban J connectivity index is 2.27. The van der Waals surface area contributed by atoms with E-state index in [1.54, 1.807) is 6.07 Å². The molecule has 1 aromatic rings. The molecule has 21 heavy (non-hydrogen) atoms. The number of amides is 1. The van der Waals surface area contributed by atoms with Gasteiger partial charge in [0.25, 0.3) is 0 Å². The summed E-state index contributed by atoms with van der Waals surface area (Å²) in [5.41, 5.74) is 0.621. The van der Waals surface area contributed by atoms with E-state index in [4.69, 9.17) is 9.84 Å². The number of methoxy groups -OCH3 is 1. The van der Waals surface area contributed by atoms with Crippen molar-refractivity contribution in [2.24, 2.45) is 0 Å². The molecule has 1 N–H and O–H groups in total. The number of hydrogen-bond acceptors (Lipinski definition) is 5. The van der Waals surface area contributed by atoms with Crippen molar-refractivity contribution in [2.75, 3.05) is 18.6 Å². The van der Waals surface area contributed by atoms with E-state index in [1.807, 2.05) is 0 Å². The van der Waals surface area contributed by atoms with Crippen LogP contribution in [0.3, 0.4) is 0 Å². The number of hydrogen-bond donors (Lipinski definition) is 1. The van der Waals surface area contributed by atoms with E-state index in [1.165, 1.54) is 31.1 Å². The molecule has 6 nitrogen and oxygen atoms in total. The predicted molar refractivity (Wildman–Crippen MR) is 79.0 cm³/mol. The first-order chi connectivity index (χ1) is 9.92. The molecule has 1 amide bonds. The quantitative estimate of drug-likeness (QED) is 0.912. The molecule has 0 saturated carbocycles. The van der Waals surface area contributed by atoms with Crippen molar-refractivity contribution in [3.63, 3.8) is 0 Å². The van der Waals surface area contributed by atoms with Gasteiger partial charge < -0.3 is 14.7 Å². The number of carboxylic acids is 1. The molecule has 0 bridgehead atoms. The van der Waals surface area contributed by atoms with Crippen LogP contribution in [0, 0.1) is 0 Å². The average molecular weight is 309 g/mol. The minimum atomic E-state index is -1.06. The zero-order valence-corrected chi connectivity index (χ0v) is 12.5. The van der Waals surface area contributed by atoms with Crippen LogP contribution < -0.4 is 9.64 Å². The lowest BCUT2D eigenvalue weighted by Crippen LogP contribution is -2.25. The van der Waals surface area contributed by atoms with Crippen molar-refractivity contribution in [1.82, 2.24) is 0 Å². The highest BCUT2D eigenvalue weighted by molar-refractivity contribution is 8.14. The van der Waals surface area contributed by atoms with E-state index in [0.717, 1.165) is 11.8 Å². The molecule has 1 saturated heterocycles. The maximum atomic E-state index is 12.1. The molecular weight excluding hydrogens is 294 g/mol. The van der Waals surface area contributed by atoms with Gasteiger partial charge in [-0.25, -0.2) is 4.79 Å². The molecule has 1 heterocycles. The summed E-state index contributed by atoms with van der Waals surface area (Å²) in [5, 5.41) is 8.87. The normalized spacial score (nSPS) is 17.9. The van der Waals surface area contributed by atoms with E-state index >= 15 is 0 Å². The summed E-state index contributed by atoms with van der Waals surface area (Å²) in [5.74, 6) is -0.829. The fourth-order valence-electron chi connectivity index (χ4n) is 2.25. The highest BCUT2D eigenvalue weighted by Crippen LogP contribution is 2.35. The molecule has 7 heteroatoms. The minimum absolute atomic E-state index is 0.0251. The van der Waals surface area contributed by atoms with Gasteiger partial charge in [0.15, 0.2) is 5.12 Å². The van der Waals surface area contributed by atoms with Crippen LogP contribution >= 0.6 is 11.8 Å². The van der Waals surface area contributed by atoms with E-state index in [2.05, 4.69) is 0 Å². The van der Waals surface area contributed by atoms with E-state index in [-0.39, 0.29) is 28.3 Å². The average Bonchev–Trinajstić information content (AvgIpc) is 2.77. The predicted octanol–water partition coefficient (Wildman–Crippen LogP) is 1.78. The zero-order chi connectivity index (χ0) is 15.6. The molecule has 0 spiro atoms. The monoisotopic (exact) mass is 309 g/mol. The van der Waals surface area contributed by atoms with Gasteiger partial charge in [0.05, 0.1) is 18.4 Å². The Kier molecular flexibility index (Phi) is 4.52. The smallest absolute Gasteiger partial charge is 0.335 e. The van der Waals surface area contributed by atoms with Crippen molar-refractivity contribution >= 4 is 34.4 Å². The van der Waals surface area contributed by atoms with Gasteiger partial charge in [-0.05, 0) is 18.2 Å². The summed E-state index contributed by atoms with van der Waals surface area (Å²) in [4.78, 5) is 35.7. The summed E-state index contributed by atoms with van der Waals surface area (Å²) < 4.78 is 5.18. The summed E-state index contributed by atoms with van der Waals surface area (Å²) in [6.07, 6.45) is 0.286. The van der Waals surface area contributed by atoms with E-state index in [9.17, 15) is 14.4 Å². The maximum absolute atomic E-state index is 12.1. The Morgan fingerprint density at radius 3 is 2.71 bits per heavy atom. The first kappa shape index (κ1) is 15.4.